The fraction of sp³-hybridized carbons (Fsp3) is 0.583. The van der Waals surface area contributed by atoms with Gasteiger partial charge in [0.2, 0.25) is 5.88 Å². The first kappa shape index (κ1) is 16.0. The van der Waals surface area contributed by atoms with E-state index < -0.39 is 12.3 Å². The maximum atomic E-state index is 12.3. The predicted molar refractivity (Wildman–Crippen MR) is 67.4 cm³/mol. The summed E-state index contributed by atoms with van der Waals surface area (Å²) in [5.41, 5.74) is 0.783. The van der Waals surface area contributed by atoms with Crippen LogP contribution in [-0.4, -0.2) is 23.3 Å². The topological polar surface area (TPSA) is 34.2 Å². The van der Waals surface area contributed by atoms with E-state index >= 15 is 0 Å². The molecule has 0 saturated carbocycles. The molecule has 0 saturated heterocycles. The molecule has 1 N–H and O–H groups in total. The van der Waals surface area contributed by atoms with E-state index in [2.05, 4.69) is 10.3 Å². The summed E-state index contributed by atoms with van der Waals surface area (Å²) in [5.74, 6) is -0.209. The number of hydrogen-bond acceptors (Lipinski definition) is 3. The monoisotopic (exact) mass is 296 g/mol. The van der Waals surface area contributed by atoms with Gasteiger partial charge in [0.15, 0.2) is 6.10 Å². The molecule has 0 aromatic carbocycles. The van der Waals surface area contributed by atoms with E-state index in [9.17, 15) is 13.2 Å². The van der Waals surface area contributed by atoms with Gasteiger partial charge >= 0.3 is 6.18 Å². The summed E-state index contributed by atoms with van der Waals surface area (Å²) < 4.78 is 41.8. The molecule has 1 aromatic rings. The van der Waals surface area contributed by atoms with Crippen LogP contribution in [-0.2, 0) is 6.54 Å². The maximum Gasteiger partial charge on any atom is 0.425 e. The lowest BCUT2D eigenvalue weighted by molar-refractivity contribution is -0.189. The molecule has 1 rings (SSSR count). The molecule has 1 aromatic heterocycles. The molecule has 0 aliphatic carbocycles. The van der Waals surface area contributed by atoms with Crippen LogP contribution in [0, 0.1) is 0 Å². The maximum absolute atomic E-state index is 12.3. The number of aromatic nitrogens is 1. The number of hydrogen-bond donors (Lipinski definition) is 1. The second-order valence-corrected chi connectivity index (χ2v) is 4.88. The third-order valence-corrected chi connectivity index (χ3v) is 2.60. The predicted octanol–water partition coefficient (Wildman–Crippen LogP) is 3.56. The summed E-state index contributed by atoms with van der Waals surface area (Å²) in [6, 6.07) is 1.84. The third kappa shape index (κ3) is 5.24. The molecule has 3 nitrogen and oxygen atoms in total. The van der Waals surface area contributed by atoms with Gasteiger partial charge in [-0.3, -0.25) is 0 Å². The van der Waals surface area contributed by atoms with E-state index in [0.29, 0.717) is 12.6 Å². The Morgan fingerprint density at radius 3 is 2.47 bits per heavy atom. The van der Waals surface area contributed by atoms with Gasteiger partial charge in [-0.2, -0.15) is 13.2 Å². The second kappa shape index (κ2) is 6.43. The molecule has 0 aliphatic heterocycles. The van der Waals surface area contributed by atoms with Crippen LogP contribution < -0.4 is 10.1 Å². The lowest BCUT2D eigenvalue weighted by Gasteiger charge is -2.17. The molecule has 0 spiro atoms. The van der Waals surface area contributed by atoms with Crippen molar-refractivity contribution in [1.29, 1.82) is 0 Å². The normalized spacial score (nSPS) is 13.7. The molecule has 0 amide bonds. The molecular formula is C12H16ClF3N2O. The minimum atomic E-state index is -4.44. The highest BCUT2D eigenvalue weighted by atomic mass is 35.5. The van der Waals surface area contributed by atoms with Crippen LogP contribution in [0.15, 0.2) is 12.3 Å². The first-order valence-corrected chi connectivity index (χ1v) is 6.19. The molecule has 0 bridgehead atoms. The second-order valence-electron chi connectivity index (χ2n) is 4.47. The molecule has 0 radical (unpaired) electrons. The Balaban J connectivity index is 2.72. The molecule has 1 unspecified atom stereocenters. The Bertz CT molecular complexity index is 424. The van der Waals surface area contributed by atoms with Crippen LogP contribution in [0.5, 0.6) is 5.88 Å². The summed E-state index contributed by atoms with van der Waals surface area (Å²) in [6.45, 7) is 5.42. The molecule has 19 heavy (non-hydrogen) atoms. The van der Waals surface area contributed by atoms with E-state index in [1.54, 1.807) is 6.07 Å². The van der Waals surface area contributed by atoms with Crippen molar-refractivity contribution in [3.8, 4) is 5.88 Å². The molecule has 1 atom stereocenters. The molecule has 108 valence electrons. The van der Waals surface area contributed by atoms with Crippen molar-refractivity contribution in [3.63, 3.8) is 0 Å². The van der Waals surface area contributed by atoms with Crippen LogP contribution in [0.1, 0.15) is 26.3 Å². The quantitative estimate of drug-likeness (QED) is 0.902. The average molecular weight is 297 g/mol. The zero-order valence-corrected chi connectivity index (χ0v) is 11.6. The summed E-state index contributed by atoms with van der Waals surface area (Å²) in [5, 5.41) is 3.22. The lowest BCUT2D eigenvalue weighted by atomic mass is 10.2. The number of nitrogens with one attached hydrogen (secondary N) is 1. The zero-order valence-electron chi connectivity index (χ0n) is 10.9. The van der Waals surface area contributed by atoms with Crippen molar-refractivity contribution in [2.45, 2.75) is 45.6 Å². The SMILES string of the molecule is CC(C)NCc1cnc(OC(C)C(F)(F)F)c(Cl)c1. The van der Waals surface area contributed by atoms with Crippen LogP contribution >= 0.6 is 11.6 Å². The van der Waals surface area contributed by atoms with Gasteiger partial charge in [-0.05, 0) is 18.6 Å². The number of alkyl halides is 3. The Kier molecular flexibility index (Phi) is 5.43. The number of pyridine rings is 1. The summed E-state index contributed by atoms with van der Waals surface area (Å²) >= 11 is 5.86. The van der Waals surface area contributed by atoms with E-state index in [-0.39, 0.29) is 10.9 Å². The van der Waals surface area contributed by atoms with Crippen molar-refractivity contribution in [2.24, 2.45) is 0 Å². The molecular weight excluding hydrogens is 281 g/mol. The smallest absolute Gasteiger partial charge is 0.425 e. The Morgan fingerprint density at radius 2 is 2.00 bits per heavy atom. The van der Waals surface area contributed by atoms with Crippen LogP contribution in [0.3, 0.4) is 0 Å². The van der Waals surface area contributed by atoms with Gasteiger partial charge in [0.05, 0.1) is 0 Å². The summed E-state index contributed by atoms with van der Waals surface area (Å²) in [6.07, 6.45) is -4.94. The minimum absolute atomic E-state index is 0.0687. The van der Waals surface area contributed by atoms with Crippen LogP contribution in [0.4, 0.5) is 13.2 Å². The molecule has 0 fully saturated rings. The van der Waals surface area contributed by atoms with E-state index in [1.807, 2.05) is 13.8 Å². The Morgan fingerprint density at radius 1 is 1.37 bits per heavy atom. The zero-order chi connectivity index (χ0) is 14.6. The molecule has 0 aliphatic rings. The number of ether oxygens (including phenoxy) is 1. The van der Waals surface area contributed by atoms with Crippen molar-refractivity contribution < 1.29 is 17.9 Å². The fourth-order valence-electron chi connectivity index (χ4n) is 1.20. The average Bonchev–Trinajstić information content (AvgIpc) is 2.28. The Labute approximate surface area is 115 Å². The Hall–Kier alpha value is -1.01. The number of halogens is 4. The van der Waals surface area contributed by atoms with Gasteiger partial charge in [0.25, 0.3) is 0 Å². The van der Waals surface area contributed by atoms with E-state index in [0.717, 1.165) is 12.5 Å². The molecule has 7 heteroatoms. The van der Waals surface area contributed by atoms with Gasteiger partial charge in [0, 0.05) is 18.8 Å². The van der Waals surface area contributed by atoms with Gasteiger partial charge < -0.3 is 10.1 Å². The highest BCUT2D eigenvalue weighted by molar-refractivity contribution is 6.31. The van der Waals surface area contributed by atoms with Crippen LogP contribution in [0.2, 0.25) is 5.02 Å². The van der Waals surface area contributed by atoms with Crippen molar-refractivity contribution in [3.05, 3.63) is 22.8 Å². The third-order valence-electron chi connectivity index (χ3n) is 2.33. The largest absolute Gasteiger partial charge is 0.464 e. The highest BCUT2D eigenvalue weighted by Crippen LogP contribution is 2.28. The van der Waals surface area contributed by atoms with Crippen molar-refractivity contribution in [1.82, 2.24) is 10.3 Å². The fourth-order valence-corrected chi connectivity index (χ4v) is 1.44. The van der Waals surface area contributed by atoms with Gasteiger partial charge in [0.1, 0.15) is 5.02 Å². The summed E-state index contributed by atoms with van der Waals surface area (Å²) in [4.78, 5) is 3.82. The first-order chi connectivity index (χ1) is 8.70. The minimum Gasteiger partial charge on any atom is -0.464 e. The highest BCUT2D eigenvalue weighted by Gasteiger charge is 2.38. The van der Waals surface area contributed by atoms with Gasteiger partial charge in [-0.1, -0.05) is 25.4 Å². The van der Waals surface area contributed by atoms with E-state index in [1.165, 1.54) is 6.20 Å². The van der Waals surface area contributed by atoms with Gasteiger partial charge in [-0.25, -0.2) is 4.98 Å². The number of nitrogens with zero attached hydrogens (tertiary/aromatic N) is 1. The summed E-state index contributed by atoms with van der Waals surface area (Å²) in [7, 11) is 0. The van der Waals surface area contributed by atoms with Crippen molar-refractivity contribution >= 4 is 11.6 Å². The first-order valence-electron chi connectivity index (χ1n) is 5.81. The van der Waals surface area contributed by atoms with Crippen molar-refractivity contribution in [2.75, 3.05) is 0 Å². The lowest BCUT2D eigenvalue weighted by Crippen LogP contribution is -2.31. The number of rotatable bonds is 5. The molecule has 1 heterocycles. The standard InChI is InChI=1S/C12H16ClF3N2O/c1-7(2)17-5-9-4-10(13)11(18-6-9)19-8(3)12(14,15)16/h4,6-8,17H,5H2,1-3H3. The van der Waals surface area contributed by atoms with E-state index in [4.69, 9.17) is 16.3 Å². The van der Waals surface area contributed by atoms with Crippen LogP contribution in [0.25, 0.3) is 0 Å². The van der Waals surface area contributed by atoms with Gasteiger partial charge in [-0.15, -0.1) is 0 Å².